The second-order valence-corrected chi connectivity index (χ2v) is 4.51. The SMILES string of the molecule is CCCC(=O)C1CCOC(C)(C)C1. The molecule has 0 aromatic heterocycles. The van der Waals surface area contributed by atoms with Gasteiger partial charge in [0.15, 0.2) is 0 Å². The van der Waals surface area contributed by atoms with Crippen molar-refractivity contribution in [1.82, 2.24) is 0 Å². The molecule has 1 aliphatic rings. The van der Waals surface area contributed by atoms with Gasteiger partial charge in [-0.1, -0.05) is 6.92 Å². The van der Waals surface area contributed by atoms with Gasteiger partial charge in [-0.25, -0.2) is 0 Å². The zero-order valence-electron chi connectivity index (χ0n) is 8.93. The Hall–Kier alpha value is -0.370. The van der Waals surface area contributed by atoms with Crippen LogP contribution in [-0.4, -0.2) is 18.0 Å². The molecule has 13 heavy (non-hydrogen) atoms. The molecule has 1 rings (SSSR count). The van der Waals surface area contributed by atoms with Crippen molar-refractivity contribution in [2.24, 2.45) is 5.92 Å². The average molecular weight is 184 g/mol. The van der Waals surface area contributed by atoms with Crippen LogP contribution in [0.2, 0.25) is 0 Å². The number of Topliss-reactive ketones (excluding diaryl/α,β-unsaturated/α-hetero) is 1. The normalized spacial score (nSPS) is 27.2. The lowest BCUT2D eigenvalue weighted by Gasteiger charge is -2.34. The zero-order valence-corrected chi connectivity index (χ0v) is 8.93. The van der Waals surface area contributed by atoms with Crippen LogP contribution in [0.25, 0.3) is 0 Å². The van der Waals surface area contributed by atoms with Crippen LogP contribution < -0.4 is 0 Å². The van der Waals surface area contributed by atoms with E-state index >= 15 is 0 Å². The molecule has 1 aliphatic heterocycles. The Balaban J connectivity index is 2.47. The van der Waals surface area contributed by atoms with Gasteiger partial charge in [-0.05, 0) is 33.1 Å². The Bertz CT molecular complexity index is 185. The summed E-state index contributed by atoms with van der Waals surface area (Å²) in [4.78, 5) is 11.6. The van der Waals surface area contributed by atoms with E-state index in [0.717, 1.165) is 32.3 Å². The molecule has 1 atom stereocenters. The summed E-state index contributed by atoms with van der Waals surface area (Å²) in [7, 11) is 0. The van der Waals surface area contributed by atoms with Gasteiger partial charge in [-0.15, -0.1) is 0 Å². The smallest absolute Gasteiger partial charge is 0.136 e. The third kappa shape index (κ3) is 3.11. The Morgan fingerprint density at radius 1 is 1.54 bits per heavy atom. The van der Waals surface area contributed by atoms with E-state index in [1.807, 2.05) is 0 Å². The van der Waals surface area contributed by atoms with Crippen molar-refractivity contribution in [3.8, 4) is 0 Å². The lowest BCUT2D eigenvalue weighted by Crippen LogP contribution is -2.36. The lowest BCUT2D eigenvalue weighted by molar-refractivity contribution is -0.133. The Kier molecular flexibility index (Phi) is 3.48. The molecule has 0 bridgehead atoms. The molecular weight excluding hydrogens is 164 g/mol. The van der Waals surface area contributed by atoms with Gasteiger partial charge >= 0.3 is 0 Å². The van der Waals surface area contributed by atoms with Crippen LogP contribution in [0.5, 0.6) is 0 Å². The van der Waals surface area contributed by atoms with Crippen LogP contribution in [0, 0.1) is 5.92 Å². The Morgan fingerprint density at radius 3 is 2.77 bits per heavy atom. The minimum atomic E-state index is -0.0910. The summed E-state index contributed by atoms with van der Waals surface area (Å²) in [5.41, 5.74) is -0.0910. The van der Waals surface area contributed by atoms with Gasteiger partial charge in [0.2, 0.25) is 0 Å². The van der Waals surface area contributed by atoms with Crippen LogP contribution in [-0.2, 0) is 9.53 Å². The monoisotopic (exact) mass is 184 g/mol. The van der Waals surface area contributed by atoms with Crippen molar-refractivity contribution >= 4 is 5.78 Å². The van der Waals surface area contributed by atoms with E-state index in [1.165, 1.54) is 0 Å². The largest absolute Gasteiger partial charge is 0.376 e. The van der Waals surface area contributed by atoms with Crippen LogP contribution in [0.3, 0.4) is 0 Å². The minimum Gasteiger partial charge on any atom is -0.376 e. The van der Waals surface area contributed by atoms with Crippen molar-refractivity contribution < 1.29 is 9.53 Å². The van der Waals surface area contributed by atoms with E-state index in [1.54, 1.807) is 0 Å². The van der Waals surface area contributed by atoms with Gasteiger partial charge in [-0.3, -0.25) is 4.79 Å². The van der Waals surface area contributed by atoms with E-state index in [-0.39, 0.29) is 11.5 Å². The van der Waals surface area contributed by atoms with E-state index < -0.39 is 0 Å². The van der Waals surface area contributed by atoms with E-state index in [9.17, 15) is 4.79 Å². The summed E-state index contributed by atoms with van der Waals surface area (Å²) in [6, 6.07) is 0. The highest BCUT2D eigenvalue weighted by molar-refractivity contribution is 5.81. The summed E-state index contributed by atoms with van der Waals surface area (Å²) < 4.78 is 5.57. The van der Waals surface area contributed by atoms with Gasteiger partial charge < -0.3 is 4.74 Å². The summed E-state index contributed by atoms with van der Waals surface area (Å²) in [6.45, 7) is 6.94. The number of hydrogen-bond acceptors (Lipinski definition) is 2. The third-order valence-electron chi connectivity index (χ3n) is 2.65. The lowest BCUT2D eigenvalue weighted by atomic mass is 9.84. The van der Waals surface area contributed by atoms with Crippen LogP contribution in [0.1, 0.15) is 46.5 Å². The molecule has 76 valence electrons. The standard InChI is InChI=1S/C11H20O2/c1-4-5-10(12)9-6-7-13-11(2,3)8-9/h9H,4-8H2,1-3H3. The molecule has 2 nitrogen and oxygen atoms in total. The highest BCUT2D eigenvalue weighted by atomic mass is 16.5. The molecule has 0 aromatic carbocycles. The number of carbonyl (C=O) groups is 1. The topological polar surface area (TPSA) is 26.3 Å². The van der Waals surface area contributed by atoms with Crippen LogP contribution in [0.4, 0.5) is 0 Å². The quantitative estimate of drug-likeness (QED) is 0.673. The van der Waals surface area contributed by atoms with Gasteiger partial charge in [0.05, 0.1) is 5.60 Å². The predicted molar refractivity (Wildman–Crippen MR) is 52.7 cm³/mol. The Labute approximate surface area is 80.7 Å². The fourth-order valence-electron chi connectivity index (χ4n) is 1.96. The average Bonchev–Trinajstić information content (AvgIpc) is 2.03. The first kappa shape index (κ1) is 10.7. The van der Waals surface area contributed by atoms with Gasteiger partial charge in [0, 0.05) is 18.9 Å². The zero-order chi connectivity index (χ0) is 9.90. The third-order valence-corrected chi connectivity index (χ3v) is 2.65. The second-order valence-electron chi connectivity index (χ2n) is 4.51. The van der Waals surface area contributed by atoms with Crippen molar-refractivity contribution in [3.63, 3.8) is 0 Å². The maximum absolute atomic E-state index is 11.6. The first-order valence-electron chi connectivity index (χ1n) is 5.22. The first-order chi connectivity index (χ1) is 6.05. The molecular formula is C11H20O2. The number of ether oxygens (including phenoxy) is 1. The molecule has 0 saturated carbocycles. The highest BCUT2D eigenvalue weighted by Gasteiger charge is 2.31. The van der Waals surface area contributed by atoms with Crippen molar-refractivity contribution in [2.45, 2.75) is 52.1 Å². The van der Waals surface area contributed by atoms with Crippen molar-refractivity contribution in [2.75, 3.05) is 6.61 Å². The summed E-state index contributed by atoms with van der Waals surface area (Å²) in [5, 5.41) is 0. The predicted octanol–water partition coefficient (Wildman–Crippen LogP) is 2.56. The van der Waals surface area contributed by atoms with Gasteiger partial charge in [0.1, 0.15) is 5.78 Å². The fourth-order valence-corrected chi connectivity index (χ4v) is 1.96. The number of ketones is 1. The maximum Gasteiger partial charge on any atom is 0.136 e. The summed E-state index contributed by atoms with van der Waals surface area (Å²) >= 11 is 0. The fraction of sp³-hybridized carbons (Fsp3) is 0.909. The van der Waals surface area contributed by atoms with Gasteiger partial charge in [-0.2, -0.15) is 0 Å². The molecule has 1 saturated heterocycles. The number of rotatable bonds is 3. The van der Waals surface area contributed by atoms with Crippen LogP contribution >= 0.6 is 0 Å². The first-order valence-corrected chi connectivity index (χ1v) is 5.22. The molecule has 0 spiro atoms. The molecule has 0 radical (unpaired) electrons. The molecule has 2 heteroatoms. The van der Waals surface area contributed by atoms with E-state index in [4.69, 9.17) is 4.74 Å². The summed E-state index contributed by atoms with van der Waals surface area (Å²) in [6.07, 6.45) is 3.52. The Morgan fingerprint density at radius 2 is 2.23 bits per heavy atom. The molecule has 0 aliphatic carbocycles. The number of carbonyl (C=O) groups excluding carboxylic acids is 1. The second kappa shape index (κ2) is 4.23. The van der Waals surface area contributed by atoms with E-state index in [0.29, 0.717) is 5.78 Å². The maximum atomic E-state index is 11.6. The summed E-state index contributed by atoms with van der Waals surface area (Å²) in [5.74, 6) is 0.683. The molecule has 1 heterocycles. The molecule has 0 aromatic rings. The molecule has 0 amide bonds. The molecule has 1 unspecified atom stereocenters. The molecule has 1 fully saturated rings. The van der Waals surface area contributed by atoms with Crippen LogP contribution in [0.15, 0.2) is 0 Å². The van der Waals surface area contributed by atoms with Gasteiger partial charge in [0.25, 0.3) is 0 Å². The van der Waals surface area contributed by atoms with Crippen molar-refractivity contribution in [3.05, 3.63) is 0 Å². The molecule has 0 N–H and O–H groups in total. The van der Waals surface area contributed by atoms with E-state index in [2.05, 4.69) is 20.8 Å². The van der Waals surface area contributed by atoms with Crippen molar-refractivity contribution in [1.29, 1.82) is 0 Å². The highest BCUT2D eigenvalue weighted by Crippen LogP contribution is 2.29. The number of hydrogen-bond donors (Lipinski definition) is 0. The minimum absolute atomic E-state index is 0.0910.